The molecule has 0 saturated carbocycles. The summed E-state index contributed by atoms with van der Waals surface area (Å²) in [6.45, 7) is 5.39. The van der Waals surface area contributed by atoms with Crippen LogP contribution >= 0.6 is 11.6 Å². The lowest BCUT2D eigenvalue weighted by Crippen LogP contribution is -2.34. The van der Waals surface area contributed by atoms with Gasteiger partial charge in [0.25, 0.3) is 17.5 Å². The van der Waals surface area contributed by atoms with E-state index in [1.807, 2.05) is 20.8 Å². The number of nitrogens with zero attached hydrogens (tertiary/aromatic N) is 1. The summed E-state index contributed by atoms with van der Waals surface area (Å²) < 4.78 is 4.80. The third kappa shape index (κ3) is 5.86. The number of halogens is 1. The second-order valence-electron chi connectivity index (χ2n) is 7.20. The molecule has 0 spiro atoms. The van der Waals surface area contributed by atoms with Crippen LogP contribution in [-0.2, 0) is 14.9 Å². The van der Waals surface area contributed by atoms with E-state index >= 15 is 0 Å². The van der Waals surface area contributed by atoms with Gasteiger partial charge in [0.2, 0.25) is 0 Å². The summed E-state index contributed by atoms with van der Waals surface area (Å²) in [6.07, 6.45) is 0. The Bertz CT molecular complexity index is 964. The maximum absolute atomic E-state index is 12.1. The first kappa shape index (κ1) is 22.0. The molecule has 0 fully saturated rings. The van der Waals surface area contributed by atoms with Gasteiger partial charge in [-0.2, -0.15) is 0 Å². The topological polar surface area (TPSA) is 116 Å². The van der Waals surface area contributed by atoms with Crippen molar-refractivity contribution in [2.75, 3.05) is 6.61 Å². The summed E-state index contributed by atoms with van der Waals surface area (Å²) >= 11 is 5.68. The number of imide groups is 1. The zero-order valence-electron chi connectivity index (χ0n) is 16.0. The van der Waals surface area contributed by atoms with Crippen LogP contribution in [0, 0.1) is 10.1 Å². The largest absolute Gasteiger partial charge is 0.452 e. The number of ether oxygens (including phenoxy) is 1. The Morgan fingerprint density at radius 1 is 1.07 bits per heavy atom. The lowest BCUT2D eigenvalue weighted by molar-refractivity contribution is -0.384. The highest BCUT2D eigenvalue weighted by atomic mass is 35.5. The smallest absolute Gasteiger partial charge is 0.338 e. The molecule has 0 saturated heterocycles. The molecule has 1 N–H and O–H groups in total. The van der Waals surface area contributed by atoms with Crippen molar-refractivity contribution in [3.63, 3.8) is 0 Å². The third-order valence-electron chi connectivity index (χ3n) is 3.98. The Hall–Kier alpha value is -3.26. The molecular formula is C20H19ClN2O6. The predicted octanol–water partition coefficient (Wildman–Crippen LogP) is 3.66. The Morgan fingerprint density at radius 2 is 1.66 bits per heavy atom. The van der Waals surface area contributed by atoms with E-state index in [2.05, 4.69) is 5.32 Å². The van der Waals surface area contributed by atoms with Crippen molar-refractivity contribution in [1.29, 1.82) is 0 Å². The molecule has 0 bridgehead atoms. The van der Waals surface area contributed by atoms with Crippen molar-refractivity contribution in [3.8, 4) is 0 Å². The van der Waals surface area contributed by atoms with E-state index in [0.717, 1.165) is 11.6 Å². The third-order valence-corrected chi connectivity index (χ3v) is 4.30. The quantitative estimate of drug-likeness (QED) is 0.450. The summed E-state index contributed by atoms with van der Waals surface area (Å²) in [4.78, 5) is 46.1. The first-order valence-electron chi connectivity index (χ1n) is 8.55. The molecular weight excluding hydrogens is 400 g/mol. The molecule has 8 nitrogen and oxygen atoms in total. The second kappa shape index (κ2) is 8.83. The van der Waals surface area contributed by atoms with Gasteiger partial charge in [-0.3, -0.25) is 25.0 Å². The lowest BCUT2D eigenvalue weighted by atomic mass is 9.87. The van der Waals surface area contributed by atoms with E-state index in [4.69, 9.17) is 16.3 Å². The molecule has 0 aliphatic heterocycles. The second-order valence-corrected chi connectivity index (χ2v) is 7.61. The number of nitro benzene ring substituents is 1. The number of carbonyl (C=O) groups is 3. The Labute approximate surface area is 172 Å². The number of hydrogen-bond acceptors (Lipinski definition) is 6. The SMILES string of the molecule is CC(C)(C)c1ccc(C(=O)NC(=O)COC(=O)c2ccc(Cl)c([N+](=O)[O-])c2)cc1. The highest BCUT2D eigenvalue weighted by Crippen LogP contribution is 2.25. The number of esters is 1. The predicted molar refractivity (Wildman–Crippen MR) is 106 cm³/mol. The first-order valence-corrected chi connectivity index (χ1v) is 8.92. The van der Waals surface area contributed by atoms with Crippen LogP contribution in [0.15, 0.2) is 42.5 Å². The maximum Gasteiger partial charge on any atom is 0.338 e. The standard InChI is InChI=1S/C20H19ClN2O6/c1-20(2,3)14-7-4-12(5-8-14)18(25)22-17(24)11-29-19(26)13-6-9-15(21)16(10-13)23(27)28/h4-10H,11H2,1-3H3,(H,22,24,25). The Balaban J connectivity index is 1.94. The van der Waals surface area contributed by atoms with Crippen LogP contribution in [0.25, 0.3) is 0 Å². The van der Waals surface area contributed by atoms with Crippen LogP contribution in [0.5, 0.6) is 0 Å². The molecule has 29 heavy (non-hydrogen) atoms. The molecule has 0 aromatic heterocycles. The van der Waals surface area contributed by atoms with Gasteiger partial charge in [-0.05, 0) is 35.2 Å². The molecule has 2 amide bonds. The van der Waals surface area contributed by atoms with Gasteiger partial charge in [0.05, 0.1) is 10.5 Å². The number of rotatable bonds is 5. The molecule has 0 atom stereocenters. The van der Waals surface area contributed by atoms with Crippen LogP contribution < -0.4 is 5.32 Å². The molecule has 9 heteroatoms. The van der Waals surface area contributed by atoms with E-state index in [9.17, 15) is 24.5 Å². The van der Waals surface area contributed by atoms with Crippen molar-refractivity contribution in [1.82, 2.24) is 5.32 Å². The first-order chi connectivity index (χ1) is 13.5. The van der Waals surface area contributed by atoms with Gasteiger partial charge in [0.1, 0.15) is 5.02 Å². The zero-order valence-corrected chi connectivity index (χ0v) is 16.8. The van der Waals surface area contributed by atoms with Gasteiger partial charge in [-0.25, -0.2) is 4.79 Å². The van der Waals surface area contributed by atoms with Crippen LogP contribution in [0.1, 0.15) is 47.1 Å². The van der Waals surface area contributed by atoms with Crippen LogP contribution in [0.4, 0.5) is 5.69 Å². The van der Waals surface area contributed by atoms with Gasteiger partial charge in [0.15, 0.2) is 6.61 Å². The highest BCUT2D eigenvalue weighted by molar-refractivity contribution is 6.32. The highest BCUT2D eigenvalue weighted by Gasteiger charge is 2.19. The fraction of sp³-hybridized carbons (Fsp3) is 0.250. The minimum absolute atomic E-state index is 0.0736. The normalized spacial score (nSPS) is 10.9. The van der Waals surface area contributed by atoms with E-state index in [1.165, 1.54) is 12.1 Å². The van der Waals surface area contributed by atoms with Crippen LogP contribution in [0.3, 0.4) is 0 Å². The number of nitrogens with one attached hydrogen (secondary N) is 1. The zero-order chi connectivity index (χ0) is 21.8. The maximum atomic E-state index is 12.1. The number of nitro groups is 1. The number of carbonyl (C=O) groups excluding carboxylic acids is 3. The fourth-order valence-electron chi connectivity index (χ4n) is 2.35. The van der Waals surface area contributed by atoms with Gasteiger partial charge in [0, 0.05) is 11.6 Å². The van der Waals surface area contributed by atoms with E-state index in [1.54, 1.807) is 24.3 Å². The van der Waals surface area contributed by atoms with Gasteiger partial charge in [-0.15, -0.1) is 0 Å². The number of hydrogen-bond donors (Lipinski definition) is 1. The molecule has 0 aliphatic rings. The fourth-order valence-corrected chi connectivity index (χ4v) is 2.54. The molecule has 0 unspecified atom stereocenters. The van der Waals surface area contributed by atoms with Crippen LogP contribution in [-0.4, -0.2) is 29.3 Å². The van der Waals surface area contributed by atoms with E-state index in [0.29, 0.717) is 0 Å². The van der Waals surface area contributed by atoms with Crippen molar-refractivity contribution in [2.24, 2.45) is 0 Å². The summed E-state index contributed by atoms with van der Waals surface area (Å²) in [5.74, 6) is -2.41. The number of benzene rings is 2. The van der Waals surface area contributed by atoms with E-state index in [-0.39, 0.29) is 21.6 Å². The molecule has 152 valence electrons. The monoisotopic (exact) mass is 418 g/mol. The number of amides is 2. The van der Waals surface area contributed by atoms with E-state index < -0.39 is 35.0 Å². The molecule has 2 aromatic rings. The lowest BCUT2D eigenvalue weighted by Gasteiger charge is -2.18. The minimum atomic E-state index is -0.957. The molecule has 0 radical (unpaired) electrons. The molecule has 2 aromatic carbocycles. The molecule has 0 heterocycles. The summed E-state index contributed by atoms with van der Waals surface area (Å²) in [6, 6.07) is 10.2. The minimum Gasteiger partial charge on any atom is -0.452 e. The Kier molecular flexibility index (Phi) is 6.71. The molecule has 0 aliphatic carbocycles. The van der Waals surface area contributed by atoms with Crippen molar-refractivity contribution < 1.29 is 24.0 Å². The van der Waals surface area contributed by atoms with Gasteiger partial charge in [-0.1, -0.05) is 44.5 Å². The molecule has 2 rings (SSSR count). The average Bonchev–Trinajstić information content (AvgIpc) is 2.65. The van der Waals surface area contributed by atoms with Gasteiger partial charge < -0.3 is 4.74 Å². The summed E-state index contributed by atoms with van der Waals surface area (Å²) in [7, 11) is 0. The van der Waals surface area contributed by atoms with Crippen molar-refractivity contribution in [2.45, 2.75) is 26.2 Å². The average molecular weight is 419 g/mol. The Morgan fingerprint density at radius 3 is 2.21 bits per heavy atom. The summed E-state index contributed by atoms with van der Waals surface area (Å²) in [5.41, 5.74) is 0.644. The van der Waals surface area contributed by atoms with Crippen molar-refractivity contribution in [3.05, 3.63) is 74.3 Å². The van der Waals surface area contributed by atoms with Gasteiger partial charge >= 0.3 is 5.97 Å². The van der Waals surface area contributed by atoms with Crippen molar-refractivity contribution >= 4 is 35.1 Å². The summed E-state index contributed by atoms with van der Waals surface area (Å²) in [5, 5.41) is 12.8. The van der Waals surface area contributed by atoms with Crippen LogP contribution in [0.2, 0.25) is 5.02 Å².